The molecule has 0 saturated heterocycles. The van der Waals surface area contributed by atoms with Gasteiger partial charge in [-0.25, -0.2) is 0 Å². The monoisotopic (exact) mass is 248 g/mol. The van der Waals surface area contributed by atoms with E-state index in [1.54, 1.807) is 14.0 Å². The molecule has 1 amide bonds. The van der Waals surface area contributed by atoms with Crippen LogP contribution in [0.3, 0.4) is 0 Å². The summed E-state index contributed by atoms with van der Waals surface area (Å²) in [4.78, 5) is 15.2. The minimum atomic E-state index is -0.927. The van der Waals surface area contributed by atoms with Crippen LogP contribution in [0.2, 0.25) is 0 Å². The number of aryl methyl sites for hydroxylation is 1. The third kappa shape index (κ3) is 2.45. The lowest BCUT2D eigenvalue weighted by Crippen LogP contribution is -2.35. The number of methoxy groups -OCH3 is 1. The van der Waals surface area contributed by atoms with Gasteiger partial charge in [-0.2, -0.15) is 4.99 Å². The Kier molecular flexibility index (Phi) is 3.23. The summed E-state index contributed by atoms with van der Waals surface area (Å²) >= 11 is 0. The van der Waals surface area contributed by atoms with E-state index in [0.29, 0.717) is 6.42 Å². The largest absolute Gasteiger partial charge is 0.497 e. The van der Waals surface area contributed by atoms with Gasteiger partial charge in [0.25, 0.3) is 11.9 Å². The number of nitrogens with two attached hydrogens (primary N) is 1. The van der Waals surface area contributed by atoms with E-state index in [0.717, 1.165) is 17.7 Å². The molecule has 96 valence electrons. The normalized spacial score (nSPS) is 22.6. The Morgan fingerprint density at radius 2 is 2.06 bits per heavy atom. The van der Waals surface area contributed by atoms with Crippen molar-refractivity contribution >= 4 is 11.9 Å². The molecular formula is C13H16N2O3. The molecule has 5 nitrogen and oxygen atoms in total. The molecule has 0 aliphatic carbocycles. The molecule has 0 fully saturated rings. The van der Waals surface area contributed by atoms with Gasteiger partial charge in [0.15, 0.2) is 5.60 Å². The molecule has 1 atom stereocenters. The molecule has 1 heterocycles. The second-order valence-electron chi connectivity index (χ2n) is 4.44. The predicted octanol–water partition coefficient (Wildman–Crippen LogP) is 1.26. The Balaban J connectivity index is 1.97. The Labute approximate surface area is 106 Å². The van der Waals surface area contributed by atoms with Crippen molar-refractivity contribution < 1.29 is 14.3 Å². The molecule has 5 heteroatoms. The first kappa shape index (κ1) is 12.4. The lowest BCUT2D eigenvalue weighted by atomic mass is 9.96. The van der Waals surface area contributed by atoms with Crippen molar-refractivity contribution in [2.45, 2.75) is 25.4 Å². The second-order valence-corrected chi connectivity index (χ2v) is 4.44. The number of rotatable bonds is 4. The maximum Gasteiger partial charge on any atom is 0.294 e. The van der Waals surface area contributed by atoms with Crippen LogP contribution >= 0.6 is 0 Å². The van der Waals surface area contributed by atoms with Gasteiger partial charge in [0.1, 0.15) is 5.75 Å². The maximum atomic E-state index is 11.6. The van der Waals surface area contributed by atoms with Crippen molar-refractivity contribution in [3.63, 3.8) is 0 Å². The molecule has 2 rings (SSSR count). The van der Waals surface area contributed by atoms with Crippen LogP contribution < -0.4 is 10.5 Å². The van der Waals surface area contributed by atoms with Crippen molar-refractivity contribution in [3.8, 4) is 5.75 Å². The van der Waals surface area contributed by atoms with Gasteiger partial charge in [-0.1, -0.05) is 12.1 Å². The molecule has 18 heavy (non-hydrogen) atoms. The van der Waals surface area contributed by atoms with Crippen LogP contribution in [0.4, 0.5) is 0 Å². The van der Waals surface area contributed by atoms with Crippen molar-refractivity contribution in [3.05, 3.63) is 29.8 Å². The molecule has 1 aliphatic heterocycles. The third-order valence-corrected chi connectivity index (χ3v) is 3.04. The van der Waals surface area contributed by atoms with Gasteiger partial charge in [0, 0.05) is 6.42 Å². The number of carbonyl (C=O) groups excluding carboxylic acids is 1. The number of carbonyl (C=O) groups is 1. The summed E-state index contributed by atoms with van der Waals surface area (Å²) in [6.45, 7) is 1.71. The average molecular weight is 248 g/mol. The highest BCUT2D eigenvalue weighted by Crippen LogP contribution is 2.25. The van der Waals surface area contributed by atoms with Crippen LogP contribution in [-0.2, 0) is 16.0 Å². The first-order valence-corrected chi connectivity index (χ1v) is 5.74. The molecular weight excluding hydrogens is 232 g/mol. The number of benzene rings is 1. The number of amidine groups is 1. The fourth-order valence-electron chi connectivity index (χ4n) is 1.85. The third-order valence-electron chi connectivity index (χ3n) is 3.04. The summed E-state index contributed by atoms with van der Waals surface area (Å²) in [7, 11) is 1.63. The SMILES string of the molecule is COc1ccc(CCC2(C)OC(N)=NC2=O)cc1. The summed E-state index contributed by atoms with van der Waals surface area (Å²) in [6.07, 6.45) is 1.26. The highest BCUT2D eigenvalue weighted by molar-refractivity contribution is 6.00. The van der Waals surface area contributed by atoms with Crippen LogP contribution in [0.1, 0.15) is 18.9 Å². The van der Waals surface area contributed by atoms with Crippen molar-refractivity contribution in [2.75, 3.05) is 7.11 Å². The van der Waals surface area contributed by atoms with E-state index in [1.807, 2.05) is 24.3 Å². The summed E-state index contributed by atoms with van der Waals surface area (Å²) in [5, 5.41) is 0. The van der Waals surface area contributed by atoms with Gasteiger partial charge < -0.3 is 15.2 Å². The topological polar surface area (TPSA) is 73.9 Å². The van der Waals surface area contributed by atoms with E-state index >= 15 is 0 Å². The average Bonchev–Trinajstić information content (AvgIpc) is 2.61. The van der Waals surface area contributed by atoms with E-state index in [4.69, 9.17) is 15.2 Å². The summed E-state index contributed by atoms with van der Waals surface area (Å²) in [6, 6.07) is 7.66. The Morgan fingerprint density at radius 1 is 1.39 bits per heavy atom. The number of aliphatic imine (C=N–C) groups is 1. The Bertz CT molecular complexity index is 482. The zero-order chi connectivity index (χ0) is 13.2. The molecule has 0 radical (unpaired) electrons. The van der Waals surface area contributed by atoms with E-state index in [2.05, 4.69) is 4.99 Å². The molecule has 2 N–H and O–H groups in total. The second kappa shape index (κ2) is 4.68. The maximum absolute atomic E-state index is 11.6. The lowest BCUT2D eigenvalue weighted by molar-refractivity contribution is -0.129. The van der Waals surface area contributed by atoms with Crippen LogP contribution in [0.15, 0.2) is 29.3 Å². The number of hydrogen-bond acceptors (Lipinski definition) is 4. The van der Waals surface area contributed by atoms with Crippen molar-refractivity contribution in [1.29, 1.82) is 0 Å². The quantitative estimate of drug-likeness (QED) is 0.870. The molecule has 0 saturated carbocycles. The van der Waals surface area contributed by atoms with Crippen molar-refractivity contribution in [1.82, 2.24) is 0 Å². The van der Waals surface area contributed by atoms with Gasteiger partial charge >= 0.3 is 0 Å². The molecule has 0 spiro atoms. The minimum Gasteiger partial charge on any atom is -0.497 e. The molecule has 0 bridgehead atoms. The lowest BCUT2D eigenvalue weighted by Gasteiger charge is -2.20. The van der Waals surface area contributed by atoms with Crippen molar-refractivity contribution in [2.24, 2.45) is 10.7 Å². The zero-order valence-corrected chi connectivity index (χ0v) is 10.5. The Hall–Kier alpha value is -2.04. The number of nitrogens with zero attached hydrogens (tertiary/aromatic N) is 1. The first-order valence-electron chi connectivity index (χ1n) is 5.74. The molecule has 1 aliphatic rings. The molecule has 0 aromatic heterocycles. The van der Waals surface area contributed by atoms with Crippen LogP contribution in [0.5, 0.6) is 5.75 Å². The summed E-state index contributed by atoms with van der Waals surface area (Å²) in [5.41, 5.74) is 5.58. The highest BCUT2D eigenvalue weighted by Gasteiger charge is 2.40. The van der Waals surface area contributed by atoms with Gasteiger partial charge in [-0.15, -0.1) is 0 Å². The number of ether oxygens (including phenoxy) is 2. The minimum absolute atomic E-state index is 0.0442. The van der Waals surface area contributed by atoms with Crippen LogP contribution in [0, 0.1) is 0 Å². The fourth-order valence-corrected chi connectivity index (χ4v) is 1.85. The van der Waals surface area contributed by atoms with Gasteiger partial charge in [-0.3, -0.25) is 4.79 Å². The van der Waals surface area contributed by atoms with E-state index in [1.165, 1.54) is 0 Å². The van der Waals surface area contributed by atoms with E-state index < -0.39 is 5.60 Å². The summed E-state index contributed by atoms with van der Waals surface area (Å²) in [5.74, 6) is 0.499. The van der Waals surface area contributed by atoms with Gasteiger partial charge in [-0.05, 0) is 31.0 Å². The fraction of sp³-hybridized carbons (Fsp3) is 0.385. The van der Waals surface area contributed by atoms with E-state index in [-0.39, 0.29) is 11.9 Å². The summed E-state index contributed by atoms with van der Waals surface area (Å²) < 4.78 is 10.4. The van der Waals surface area contributed by atoms with Gasteiger partial charge in [0.05, 0.1) is 7.11 Å². The smallest absolute Gasteiger partial charge is 0.294 e. The van der Waals surface area contributed by atoms with E-state index in [9.17, 15) is 4.79 Å². The standard InChI is InChI=1S/C13H16N2O3/c1-13(11(16)15-12(14)18-13)8-7-9-3-5-10(17-2)6-4-9/h3-6H,7-8H2,1-2H3,(H2,14,15,16). The van der Waals surface area contributed by atoms with Crippen LogP contribution in [0.25, 0.3) is 0 Å². The van der Waals surface area contributed by atoms with Crippen LogP contribution in [-0.4, -0.2) is 24.6 Å². The first-order chi connectivity index (χ1) is 8.53. The van der Waals surface area contributed by atoms with Gasteiger partial charge in [0.2, 0.25) is 0 Å². The predicted molar refractivity (Wildman–Crippen MR) is 67.4 cm³/mol. The number of hydrogen-bond donors (Lipinski definition) is 1. The number of amides is 1. The zero-order valence-electron chi connectivity index (χ0n) is 10.5. The molecule has 1 unspecified atom stereocenters. The Morgan fingerprint density at radius 3 is 2.56 bits per heavy atom. The molecule has 1 aromatic rings. The molecule has 1 aromatic carbocycles. The highest BCUT2D eigenvalue weighted by atomic mass is 16.5.